The average molecular weight is 212 g/mol. The maximum atomic E-state index is 10.6. The molecule has 1 saturated carbocycles. The third kappa shape index (κ3) is 2.32. The molecule has 0 radical (unpaired) electrons. The second-order valence-electron chi connectivity index (χ2n) is 5.20. The molecule has 4 heteroatoms. The molecule has 1 saturated heterocycles. The van der Waals surface area contributed by atoms with E-state index in [0.29, 0.717) is 11.3 Å². The van der Waals surface area contributed by atoms with E-state index >= 15 is 0 Å². The van der Waals surface area contributed by atoms with Crippen LogP contribution in [0.1, 0.15) is 25.7 Å². The fourth-order valence-corrected chi connectivity index (χ4v) is 3.25. The molecule has 86 valence electrons. The van der Waals surface area contributed by atoms with Crippen LogP contribution in [0.5, 0.6) is 0 Å². The van der Waals surface area contributed by atoms with Crippen LogP contribution in [0.4, 0.5) is 0 Å². The summed E-state index contributed by atoms with van der Waals surface area (Å²) < 4.78 is 0. The highest BCUT2D eigenvalue weighted by Gasteiger charge is 2.43. The standard InChI is InChI=1S/C11H20N2O2/c12-6-9-1-2-11(5-9)3-4-13(8-11)7-10(14)15/h9H,1-8,12H2,(H,14,15)/t9-,11-/m0/s1. The first-order chi connectivity index (χ1) is 7.13. The molecule has 0 amide bonds. The molecule has 1 aliphatic carbocycles. The molecule has 0 aromatic heterocycles. The zero-order valence-corrected chi connectivity index (χ0v) is 9.11. The molecule has 3 N–H and O–H groups in total. The Balaban J connectivity index is 1.89. The van der Waals surface area contributed by atoms with Crippen molar-refractivity contribution in [1.29, 1.82) is 0 Å². The number of carbonyl (C=O) groups is 1. The summed E-state index contributed by atoms with van der Waals surface area (Å²) in [4.78, 5) is 12.7. The molecule has 0 aromatic rings. The third-order valence-electron chi connectivity index (χ3n) is 4.01. The maximum Gasteiger partial charge on any atom is 0.317 e. The molecule has 2 atom stereocenters. The number of hydrogen-bond donors (Lipinski definition) is 2. The van der Waals surface area contributed by atoms with Gasteiger partial charge in [-0.1, -0.05) is 0 Å². The molecule has 2 fully saturated rings. The summed E-state index contributed by atoms with van der Waals surface area (Å²) in [5.41, 5.74) is 6.09. The summed E-state index contributed by atoms with van der Waals surface area (Å²) in [5, 5.41) is 8.74. The monoisotopic (exact) mass is 212 g/mol. The van der Waals surface area contributed by atoms with Crippen molar-refractivity contribution in [1.82, 2.24) is 4.90 Å². The second-order valence-corrected chi connectivity index (χ2v) is 5.20. The second kappa shape index (κ2) is 4.10. The molecule has 1 heterocycles. The van der Waals surface area contributed by atoms with Gasteiger partial charge in [-0.25, -0.2) is 0 Å². The number of carboxylic acid groups (broad SMARTS) is 1. The SMILES string of the molecule is NC[C@H]1CC[C@]2(CCN(CC(=O)O)C2)C1. The van der Waals surface area contributed by atoms with Gasteiger partial charge in [0, 0.05) is 6.54 Å². The van der Waals surface area contributed by atoms with E-state index in [9.17, 15) is 4.79 Å². The predicted molar refractivity (Wildman–Crippen MR) is 57.5 cm³/mol. The number of nitrogens with zero attached hydrogens (tertiary/aromatic N) is 1. The first-order valence-corrected chi connectivity index (χ1v) is 5.78. The van der Waals surface area contributed by atoms with E-state index in [1.807, 2.05) is 0 Å². The lowest BCUT2D eigenvalue weighted by molar-refractivity contribution is -0.138. The summed E-state index contributed by atoms with van der Waals surface area (Å²) in [7, 11) is 0. The van der Waals surface area contributed by atoms with E-state index in [0.717, 1.165) is 26.1 Å². The summed E-state index contributed by atoms with van der Waals surface area (Å²) in [6.07, 6.45) is 4.85. The van der Waals surface area contributed by atoms with Crippen LogP contribution in [0, 0.1) is 11.3 Å². The maximum absolute atomic E-state index is 10.6. The Morgan fingerprint density at radius 3 is 2.93 bits per heavy atom. The van der Waals surface area contributed by atoms with Crippen molar-refractivity contribution in [3.8, 4) is 0 Å². The van der Waals surface area contributed by atoms with Gasteiger partial charge in [-0.2, -0.15) is 0 Å². The van der Waals surface area contributed by atoms with E-state index in [1.165, 1.54) is 19.3 Å². The first kappa shape index (κ1) is 10.9. The molecule has 0 aromatic carbocycles. The number of carboxylic acids is 1. The van der Waals surface area contributed by atoms with E-state index < -0.39 is 5.97 Å². The minimum absolute atomic E-state index is 0.203. The van der Waals surface area contributed by atoms with E-state index in [-0.39, 0.29) is 6.54 Å². The first-order valence-electron chi connectivity index (χ1n) is 5.78. The van der Waals surface area contributed by atoms with Crippen molar-refractivity contribution in [3.05, 3.63) is 0 Å². The fourth-order valence-electron chi connectivity index (χ4n) is 3.25. The lowest BCUT2D eigenvalue weighted by Gasteiger charge is -2.23. The van der Waals surface area contributed by atoms with Crippen molar-refractivity contribution in [2.45, 2.75) is 25.7 Å². The van der Waals surface area contributed by atoms with Gasteiger partial charge in [-0.15, -0.1) is 0 Å². The van der Waals surface area contributed by atoms with Crippen molar-refractivity contribution in [3.63, 3.8) is 0 Å². The van der Waals surface area contributed by atoms with Crippen LogP contribution >= 0.6 is 0 Å². The number of aliphatic carboxylic acids is 1. The third-order valence-corrected chi connectivity index (χ3v) is 4.01. The number of nitrogens with two attached hydrogens (primary N) is 1. The average Bonchev–Trinajstić information content (AvgIpc) is 2.74. The number of hydrogen-bond acceptors (Lipinski definition) is 3. The largest absolute Gasteiger partial charge is 0.480 e. The van der Waals surface area contributed by atoms with E-state index in [1.54, 1.807) is 0 Å². The molecule has 1 aliphatic heterocycles. The molecule has 2 rings (SSSR count). The van der Waals surface area contributed by atoms with Crippen LogP contribution < -0.4 is 5.73 Å². The molecule has 1 spiro atoms. The topological polar surface area (TPSA) is 66.6 Å². The molecular weight excluding hydrogens is 192 g/mol. The smallest absolute Gasteiger partial charge is 0.317 e. The van der Waals surface area contributed by atoms with Crippen molar-refractivity contribution in [2.75, 3.05) is 26.2 Å². The molecule has 2 aliphatic rings. The van der Waals surface area contributed by atoms with Crippen molar-refractivity contribution >= 4 is 5.97 Å². The summed E-state index contributed by atoms with van der Waals surface area (Å²) in [5.74, 6) is -0.0322. The van der Waals surface area contributed by atoms with Gasteiger partial charge in [-0.3, -0.25) is 9.69 Å². The summed E-state index contributed by atoms with van der Waals surface area (Å²) >= 11 is 0. The van der Waals surface area contributed by atoms with Crippen molar-refractivity contribution in [2.24, 2.45) is 17.1 Å². The summed E-state index contributed by atoms with van der Waals surface area (Å²) in [6, 6.07) is 0. The highest BCUT2D eigenvalue weighted by Crippen LogP contribution is 2.47. The van der Waals surface area contributed by atoms with Gasteiger partial charge in [0.15, 0.2) is 0 Å². The quantitative estimate of drug-likeness (QED) is 0.716. The lowest BCUT2D eigenvalue weighted by Crippen LogP contribution is -2.30. The normalized spacial score (nSPS) is 36.5. The Kier molecular flexibility index (Phi) is 2.98. The predicted octanol–water partition coefficient (Wildman–Crippen LogP) is 0.522. The van der Waals surface area contributed by atoms with Crippen LogP contribution in [0.15, 0.2) is 0 Å². The highest BCUT2D eigenvalue weighted by atomic mass is 16.4. The van der Waals surface area contributed by atoms with Crippen LogP contribution in [-0.4, -0.2) is 42.2 Å². The van der Waals surface area contributed by atoms with E-state index in [4.69, 9.17) is 10.8 Å². The Hall–Kier alpha value is -0.610. The Labute approximate surface area is 90.4 Å². The van der Waals surface area contributed by atoms with Gasteiger partial charge in [-0.05, 0) is 50.1 Å². The van der Waals surface area contributed by atoms with Crippen LogP contribution in [0.2, 0.25) is 0 Å². The van der Waals surface area contributed by atoms with E-state index in [2.05, 4.69) is 4.90 Å². The lowest BCUT2D eigenvalue weighted by atomic mass is 9.84. The minimum atomic E-state index is -0.708. The molecule has 4 nitrogen and oxygen atoms in total. The van der Waals surface area contributed by atoms with Crippen LogP contribution in [-0.2, 0) is 4.79 Å². The zero-order chi connectivity index (χ0) is 10.9. The van der Waals surface area contributed by atoms with Gasteiger partial charge in [0.05, 0.1) is 6.54 Å². The number of likely N-dealkylation sites (tertiary alicyclic amines) is 1. The van der Waals surface area contributed by atoms with Gasteiger partial charge >= 0.3 is 5.97 Å². The Morgan fingerprint density at radius 2 is 2.33 bits per heavy atom. The van der Waals surface area contributed by atoms with Crippen molar-refractivity contribution < 1.29 is 9.90 Å². The zero-order valence-electron chi connectivity index (χ0n) is 9.11. The Bertz CT molecular complexity index is 257. The van der Waals surface area contributed by atoms with Crippen LogP contribution in [0.25, 0.3) is 0 Å². The van der Waals surface area contributed by atoms with Gasteiger partial charge in [0.25, 0.3) is 0 Å². The van der Waals surface area contributed by atoms with Crippen LogP contribution in [0.3, 0.4) is 0 Å². The fraction of sp³-hybridized carbons (Fsp3) is 0.909. The highest BCUT2D eigenvalue weighted by molar-refractivity contribution is 5.69. The summed E-state index contributed by atoms with van der Waals surface area (Å²) in [6.45, 7) is 2.91. The minimum Gasteiger partial charge on any atom is -0.480 e. The Morgan fingerprint density at radius 1 is 1.53 bits per heavy atom. The van der Waals surface area contributed by atoms with Gasteiger partial charge in [0.1, 0.15) is 0 Å². The number of rotatable bonds is 3. The molecular formula is C11H20N2O2. The molecule has 0 unspecified atom stereocenters. The van der Waals surface area contributed by atoms with Gasteiger partial charge < -0.3 is 10.8 Å². The molecule has 0 bridgehead atoms. The van der Waals surface area contributed by atoms with Gasteiger partial charge in [0.2, 0.25) is 0 Å². The molecule has 15 heavy (non-hydrogen) atoms.